The van der Waals surface area contributed by atoms with E-state index in [2.05, 4.69) is 14.9 Å². The fourth-order valence-electron chi connectivity index (χ4n) is 1.58. The molecule has 1 amide bonds. The van der Waals surface area contributed by atoms with Gasteiger partial charge in [-0.25, -0.2) is 4.79 Å². The Hall–Kier alpha value is -2.28. The molecule has 0 bridgehead atoms. The summed E-state index contributed by atoms with van der Waals surface area (Å²) in [6, 6.07) is 8.50. The number of aromatic nitrogens is 2. The van der Waals surface area contributed by atoms with Gasteiger partial charge in [0.1, 0.15) is 0 Å². The predicted octanol–water partition coefficient (Wildman–Crippen LogP) is 1.27. The van der Waals surface area contributed by atoms with Crippen LogP contribution < -0.4 is 5.32 Å². The lowest BCUT2D eigenvalue weighted by Crippen LogP contribution is -2.49. The molecule has 98 valence electrons. The average Bonchev–Trinajstić information content (AvgIpc) is 2.93. The van der Waals surface area contributed by atoms with Gasteiger partial charge >= 0.3 is 5.97 Å². The van der Waals surface area contributed by atoms with Crippen molar-refractivity contribution in [1.82, 2.24) is 14.9 Å². The number of aliphatic carboxylic acids is 1. The molecule has 1 unspecified atom stereocenters. The average molecular weight is 277 g/mol. The van der Waals surface area contributed by atoms with Crippen LogP contribution in [0.25, 0.3) is 0 Å². The van der Waals surface area contributed by atoms with Crippen LogP contribution in [0.15, 0.2) is 35.7 Å². The molecule has 1 heterocycles. The van der Waals surface area contributed by atoms with Gasteiger partial charge in [-0.15, -0.1) is 5.10 Å². The molecule has 0 aliphatic carbocycles. The lowest BCUT2D eigenvalue weighted by Gasteiger charge is -2.26. The first-order chi connectivity index (χ1) is 9.04. The zero-order valence-corrected chi connectivity index (χ0v) is 10.8. The number of rotatable bonds is 4. The summed E-state index contributed by atoms with van der Waals surface area (Å²) in [6.45, 7) is 1.43. The van der Waals surface area contributed by atoms with Gasteiger partial charge in [0.2, 0.25) is 0 Å². The molecular formula is C12H11N3O3S. The highest BCUT2D eigenvalue weighted by Crippen LogP contribution is 2.21. The van der Waals surface area contributed by atoms with Crippen LogP contribution in [-0.2, 0) is 10.3 Å². The first-order valence-electron chi connectivity index (χ1n) is 5.42. The number of nitrogens with zero attached hydrogens (tertiary/aromatic N) is 2. The summed E-state index contributed by atoms with van der Waals surface area (Å²) < 4.78 is 3.57. The summed E-state index contributed by atoms with van der Waals surface area (Å²) >= 11 is 1.03. The maximum Gasteiger partial charge on any atom is 0.333 e. The van der Waals surface area contributed by atoms with Crippen molar-refractivity contribution in [1.29, 1.82) is 0 Å². The van der Waals surface area contributed by atoms with Crippen molar-refractivity contribution in [2.24, 2.45) is 0 Å². The SMILES string of the molecule is CC(NC(=O)c1csnn1)(C(=O)O)c1ccccc1. The molecule has 0 fully saturated rings. The van der Waals surface area contributed by atoms with Crippen LogP contribution in [0.3, 0.4) is 0 Å². The molecule has 1 aromatic carbocycles. The highest BCUT2D eigenvalue weighted by atomic mass is 32.1. The summed E-state index contributed by atoms with van der Waals surface area (Å²) in [5.41, 5.74) is -0.922. The van der Waals surface area contributed by atoms with E-state index in [0.717, 1.165) is 11.5 Å². The zero-order valence-electron chi connectivity index (χ0n) is 10.0. The van der Waals surface area contributed by atoms with Gasteiger partial charge in [-0.3, -0.25) is 4.79 Å². The van der Waals surface area contributed by atoms with Gasteiger partial charge in [0.05, 0.1) is 0 Å². The van der Waals surface area contributed by atoms with Crippen LogP contribution in [0.4, 0.5) is 0 Å². The van der Waals surface area contributed by atoms with E-state index < -0.39 is 17.4 Å². The van der Waals surface area contributed by atoms with E-state index in [1.54, 1.807) is 30.3 Å². The molecule has 0 saturated heterocycles. The number of carboxylic acid groups (broad SMARTS) is 1. The number of benzene rings is 1. The second-order valence-electron chi connectivity index (χ2n) is 4.04. The van der Waals surface area contributed by atoms with Crippen molar-refractivity contribution in [3.05, 3.63) is 47.0 Å². The van der Waals surface area contributed by atoms with Crippen molar-refractivity contribution in [2.75, 3.05) is 0 Å². The van der Waals surface area contributed by atoms with Crippen LogP contribution in [0.5, 0.6) is 0 Å². The van der Waals surface area contributed by atoms with E-state index in [-0.39, 0.29) is 5.69 Å². The number of hydrogen-bond acceptors (Lipinski definition) is 5. The molecule has 1 atom stereocenters. The third-order valence-electron chi connectivity index (χ3n) is 2.74. The van der Waals surface area contributed by atoms with Gasteiger partial charge in [-0.1, -0.05) is 34.8 Å². The molecule has 2 rings (SSSR count). The lowest BCUT2D eigenvalue weighted by atomic mass is 9.92. The highest BCUT2D eigenvalue weighted by molar-refractivity contribution is 7.03. The van der Waals surface area contributed by atoms with Crippen LogP contribution in [0.1, 0.15) is 23.0 Å². The van der Waals surface area contributed by atoms with Crippen LogP contribution in [0.2, 0.25) is 0 Å². The summed E-state index contributed by atoms with van der Waals surface area (Å²) in [4.78, 5) is 23.4. The first kappa shape index (κ1) is 13.2. The Balaban J connectivity index is 2.31. The Morgan fingerprint density at radius 2 is 2.00 bits per heavy atom. The number of hydrogen-bond donors (Lipinski definition) is 2. The first-order valence-corrected chi connectivity index (χ1v) is 6.26. The number of carbonyl (C=O) groups excluding carboxylic acids is 1. The van der Waals surface area contributed by atoms with E-state index in [1.807, 2.05) is 0 Å². The van der Waals surface area contributed by atoms with E-state index in [0.29, 0.717) is 5.56 Å². The second-order valence-corrected chi connectivity index (χ2v) is 4.65. The molecule has 0 aliphatic heterocycles. The Bertz CT molecular complexity index is 586. The summed E-state index contributed by atoms with van der Waals surface area (Å²) in [7, 11) is 0. The third kappa shape index (κ3) is 2.60. The van der Waals surface area contributed by atoms with E-state index in [9.17, 15) is 14.7 Å². The van der Waals surface area contributed by atoms with Gasteiger partial charge in [-0.05, 0) is 24.0 Å². The smallest absolute Gasteiger partial charge is 0.333 e. The molecule has 7 heteroatoms. The molecule has 19 heavy (non-hydrogen) atoms. The second kappa shape index (κ2) is 5.15. The van der Waals surface area contributed by atoms with Crippen molar-refractivity contribution >= 4 is 23.4 Å². The minimum absolute atomic E-state index is 0.105. The monoisotopic (exact) mass is 277 g/mol. The Morgan fingerprint density at radius 3 is 2.53 bits per heavy atom. The molecular weight excluding hydrogens is 266 g/mol. The normalized spacial score (nSPS) is 13.5. The summed E-state index contributed by atoms with van der Waals surface area (Å²) in [6.07, 6.45) is 0. The van der Waals surface area contributed by atoms with E-state index >= 15 is 0 Å². The van der Waals surface area contributed by atoms with Crippen LogP contribution in [0, 0.1) is 0 Å². The molecule has 0 aliphatic rings. The molecule has 6 nitrogen and oxygen atoms in total. The van der Waals surface area contributed by atoms with Crippen LogP contribution >= 0.6 is 11.5 Å². The minimum Gasteiger partial charge on any atom is -0.479 e. The van der Waals surface area contributed by atoms with E-state index in [1.165, 1.54) is 12.3 Å². The van der Waals surface area contributed by atoms with Crippen molar-refractivity contribution in [2.45, 2.75) is 12.5 Å². The number of nitrogens with one attached hydrogen (secondary N) is 1. The standard InChI is InChI=1S/C12H11N3O3S/c1-12(11(17)18,8-5-3-2-4-6-8)13-10(16)9-7-19-15-14-9/h2-7H,1H3,(H,13,16)(H,17,18). The summed E-state index contributed by atoms with van der Waals surface area (Å²) in [5, 5.41) is 16.9. The largest absolute Gasteiger partial charge is 0.479 e. The highest BCUT2D eigenvalue weighted by Gasteiger charge is 2.37. The Labute approximate surface area is 113 Å². The lowest BCUT2D eigenvalue weighted by molar-refractivity contribution is -0.144. The summed E-state index contributed by atoms with van der Waals surface area (Å²) in [5.74, 6) is -1.71. The molecule has 0 spiro atoms. The number of carbonyl (C=O) groups is 2. The number of carboxylic acids is 1. The van der Waals surface area contributed by atoms with Gasteiger partial charge in [0, 0.05) is 5.38 Å². The molecule has 1 aromatic heterocycles. The van der Waals surface area contributed by atoms with Gasteiger partial charge in [0.25, 0.3) is 5.91 Å². The van der Waals surface area contributed by atoms with Crippen LogP contribution in [-0.4, -0.2) is 26.6 Å². The predicted molar refractivity (Wildman–Crippen MR) is 68.8 cm³/mol. The van der Waals surface area contributed by atoms with E-state index in [4.69, 9.17) is 0 Å². The molecule has 2 N–H and O–H groups in total. The quantitative estimate of drug-likeness (QED) is 0.878. The van der Waals surface area contributed by atoms with Crippen molar-refractivity contribution < 1.29 is 14.7 Å². The minimum atomic E-state index is -1.51. The number of amides is 1. The fraction of sp³-hybridized carbons (Fsp3) is 0.167. The van der Waals surface area contributed by atoms with Gasteiger partial charge in [-0.2, -0.15) is 0 Å². The Kier molecular flexibility index (Phi) is 3.57. The fourth-order valence-corrected chi connectivity index (χ4v) is 2.01. The molecule has 0 radical (unpaired) electrons. The van der Waals surface area contributed by atoms with Crippen molar-refractivity contribution in [3.8, 4) is 0 Å². The Morgan fingerprint density at radius 1 is 1.32 bits per heavy atom. The maximum atomic E-state index is 11.9. The van der Waals surface area contributed by atoms with Gasteiger partial charge < -0.3 is 10.4 Å². The molecule has 2 aromatic rings. The third-order valence-corrected chi connectivity index (χ3v) is 3.24. The van der Waals surface area contributed by atoms with Crippen molar-refractivity contribution in [3.63, 3.8) is 0 Å². The maximum absolute atomic E-state index is 11.9. The van der Waals surface area contributed by atoms with Gasteiger partial charge in [0.15, 0.2) is 11.2 Å². The topological polar surface area (TPSA) is 92.2 Å². The zero-order chi connectivity index (χ0) is 13.9. The molecule has 0 saturated carbocycles.